The van der Waals surface area contributed by atoms with Crippen LogP contribution >= 0.6 is 11.3 Å². The van der Waals surface area contributed by atoms with E-state index in [2.05, 4.69) is 6.07 Å². The molecule has 2 aromatic heterocycles. The lowest BCUT2D eigenvalue weighted by atomic mass is 10.4. The second-order valence-corrected chi connectivity index (χ2v) is 3.58. The lowest BCUT2D eigenvalue weighted by molar-refractivity contribution is 0.111. The molecule has 0 unspecified atom stereocenters. The van der Waals surface area contributed by atoms with Crippen LogP contribution < -0.4 is 0 Å². The Morgan fingerprint density at radius 3 is 3.07 bits per heavy atom. The number of thiophene rings is 1. The summed E-state index contributed by atoms with van der Waals surface area (Å²) in [6.45, 7) is 0. The molecular weight excluding hydrogens is 196 g/mol. The van der Waals surface area contributed by atoms with Gasteiger partial charge in [0.15, 0.2) is 6.29 Å². The Bertz CT molecular complexity index is 504. The van der Waals surface area contributed by atoms with Crippen LogP contribution in [0.3, 0.4) is 0 Å². The SMILES string of the molecule is N#Cc1sccc1-n1cccc1C=O. The first-order valence-electron chi connectivity index (χ1n) is 3.97. The molecule has 0 radical (unpaired) electrons. The van der Waals surface area contributed by atoms with Crippen molar-refractivity contribution in [3.05, 3.63) is 40.3 Å². The van der Waals surface area contributed by atoms with Crippen molar-refractivity contribution in [3.63, 3.8) is 0 Å². The highest BCUT2D eigenvalue weighted by molar-refractivity contribution is 7.10. The number of aromatic nitrogens is 1. The summed E-state index contributed by atoms with van der Waals surface area (Å²) >= 11 is 1.37. The van der Waals surface area contributed by atoms with Crippen molar-refractivity contribution in [1.82, 2.24) is 4.57 Å². The van der Waals surface area contributed by atoms with Gasteiger partial charge in [0.1, 0.15) is 10.9 Å². The molecule has 4 heteroatoms. The molecule has 0 fully saturated rings. The zero-order valence-corrected chi connectivity index (χ0v) is 7.99. The van der Waals surface area contributed by atoms with Crippen LogP contribution in [0.5, 0.6) is 0 Å². The average Bonchev–Trinajstić information content (AvgIpc) is 2.85. The molecule has 0 saturated carbocycles. The molecule has 0 aliphatic heterocycles. The van der Waals surface area contributed by atoms with Crippen molar-refractivity contribution >= 4 is 17.6 Å². The summed E-state index contributed by atoms with van der Waals surface area (Å²) in [7, 11) is 0. The number of nitriles is 1. The van der Waals surface area contributed by atoms with E-state index in [9.17, 15) is 4.79 Å². The third kappa shape index (κ3) is 1.24. The van der Waals surface area contributed by atoms with Crippen molar-refractivity contribution in [1.29, 1.82) is 5.26 Å². The Morgan fingerprint density at radius 2 is 2.36 bits per heavy atom. The molecule has 0 spiro atoms. The van der Waals surface area contributed by atoms with Gasteiger partial charge in [0.05, 0.1) is 11.4 Å². The Morgan fingerprint density at radius 1 is 1.50 bits per heavy atom. The highest BCUT2D eigenvalue weighted by atomic mass is 32.1. The minimum absolute atomic E-state index is 0.555. The maximum absolute atomic E-state index is 10.7. The van der Waals surface area contributed by atoms with Gasteiger partial charge in [-0.2, -0.15) is 5.26 Å². The van der Waals surface area contributed by atoms with Crippen LogP contribution in [-0.4, -0.2) is 10.9 Å². The molecule has 0 aromatic carbocycles. The Labute approximate surface area is 84.8 Å². The van der Waals surface area contributed by atoms with E-state index in [4.69, 9.17) is 5.26 Å². The third-order valence-electron chi connectivity index (χ3n) is 1.91. The summed E-state index contributed by atoms with van der Waals surface area (Å²) in [5.41, 5.74) is 1.32. The van der Waals surface area contributed by atoms with Gasteiger partial charge >= 0.3 is 0 Å². The maximum atomic E-state index is 10.7. The second-order valence-electron chi connectivity index (χ2n) is 2.67. The van der Waals surface area contributed by atoms with Gasteiger partial charge in [0, 0.05) is 6.20 Å². The summed E-state index contributed by atoms with van der Waals surface area (Å²) in [5, 5.41) is 10.7. The first-order valence-corrected chi connectivity index (χ1v) is 4.85. The molecule has 0 amide bonds. The topological polar surface area (TPSA) is 45.8 Å². The highest BCUT2D eigenvalue weighted by Gasteiger charge is 2.07. The van der Waals surface area contributed by atoms with Crippen LogP contribution in [0.15, 0.2) is 29.8 Å². The zero-order valence-electron chi connectivity index (χ0n) is 7.18. The van der Waals surface area contributed by atoms with Crippen LogP contribution in [0.25, 0.3) is 5.69 Å². The summed E-state index contributed by atoms with van der Waals surface area (Å²) in [6, 6.07) is 7.42. The first kappa shape index (κ1) is 8.73. The monoisotopic (exact) mass is 202 g/mol. The molecule has 0 N–H and O–H groups in total. The van der Waals surface area contributed by atoms with E-state index in [0.29, 0.717) is 10.6 Å². The van der Waals surface area contributed by atoms with Gasteiger partial charge in [0.2, 0.25) is 0 Å². The predicted octanol–water partition coefficient (Wildman–Crippen LogP) is 2.22. The van der Waals surface area contributed by atoms with E-state index < -0.39 is 0 Å². The smallest absolute Gasteiger partial charge is 0.166 e. The molecule has 0 bridgehead atoms. The first-order chi connectivity index (χ1) is 6.86. The van der Waals surface area contributed by atoms with Crippen LogP contribution in [0.2, 0.25) is 0 Å². The Balaban J connectivity index is 2.60. The number of hydrogen-bond donors (Lipinski definition) is 0. The van der Waals surface area contributed by atoms with E-state index in [0.717, 1.165) is 12.0 Å². The van der Waals surface area contributed by atoms with Gasteiger partial charge < -0.3 is 4.57 Å². The fourth-order valence-electron chi connectivity index (χ4n) is 1.29. The minimum atomic E-state index is 0.555. The number of carbonyl (C=O) groups is 1. The maximum Gasteiger partial charge on any atom is 0.166 e. The fraction of sp³-hybridized carbons (Fsp3) is 0. The van der Waals surface area contributed by atoms with Crippen LogP contribution in [0, 0.1) is 11.3 Å². The molecule has 0 aliphatic rings. The fourth-order valence-corrected chi connectivity index (χ4v) is 1.96. The van der Waals surface area contributed by atoms with Crippen LogP contribution in [0.4, 0.5) is 0 Å². The Kier molecular flexibility index (Phi) is 2.17. The van der Waals surface area contributed by atoms with Gasteiger partial charge in [-0.3, -0.25) is 4.79 Å². The van der Waals surface area contributed by atoms with Crippen molar-refractivity contribution in [2.45, 2.75) is 0 Å². The van der Waals surface area contributed by atoms with Crippen molar-refractivity contribution in [3.8, 4) is 11.8 Å². The summed E-state index contributed by atoms with van der Waals surface area (Å²) in [5.74, 6) is 0. The summed E-state index contributed by atoms with van der Waals surface area (Å²) in [4.78, 5) is 11.3. The van der Waals surface area contributed by atoms with Crippen molar-refractivity contribution in [2.24, 2.45) is 0 Å². The quantitative estimate of drug-likeness (QED) is 0.701. The lowest BCUT2D eigenvalue weighted by Gasteiger charge is -2.01. The van der Waals surface area contributed by atoms with E-state index in [1.165, 1.54) is 11.3 Å². The van der Waals surface area contributed by atoms with Gasteiger partial charge in [-0.25, -0.2) is 0 Å². The molecule has 0 saturated heterocycles. The molecule has 3 nitrogen and oxygen atoms in total. The van der Waals surface area contributed by atoms with E-state index in [-0.39, 0.29) is 0 Å². The van der Waals surface area contributed by atoms with Gasteiger partial charge in [-0.1, -0.05) is 0 Å². The molecule has 2 rings (SSSR count). The lowest BCUT2D eigenvalue weighted by Crippen LogP contribution is -1.97. The standard InChI is InChI=1S/C10H6N2OS/c11-6-10-9(3-5-14-10)12-4-1-2-8(12)7-13/h1-5,7H. The number of carbonyl (C=O) groups excluding carboxylic acids is 1. The summed E-state index contributed by atoms with van der Waals surface area (Å²) < 4.78 is 1.71. The van der Waals surface area contributed by atoms with E-state index in [1.807, 2.05) is 11.4 Å². The molecular formula is C10H6N2OS. The molecule has 14 heavy (non-hydrogen) atoms. The number of rotatable bonds is 2. The van der Waals surface area contributed by atoms with Gasteiger partial charge in [-0.15, -0.1) is 11.3 Å². The highest BCUT2D eigenvalue weighted by Crippen LogP contribution is 2.21. The average molecular weight is 202 g/mol. The normalized spacial score (nSPS) is 9.64. The molecule has 2 aromatic rings. The van der Waals surface area contributed by atoms with Crippen LogP contribution in [-0.2, 0) is 0 Å². The number of aldehydes is 1. The van der Waals surface area contributed by atoms with E-state index >= 15 is 0 Å². The second kappa shape index (κ2) is 3.48. The van der Waals surface area contributed by atoms with Crippen molar-refractivity contribution < 1.29 is 4.79 Å². The molecule has 0 atom stereocenters. The summed E-state index contributed by atoms with van der Waals surface area (Å²) in [6.07, 6.45) is 2.55. The molecule has 68 valence electrons. The molecule has 0 aliphatic carbocycles. The third-order valence-corrected chi connectivity index (χ3v) is 2.71. The molecule has 2 heterocycles. The minimum Gasteiger partial charge on any atom is -0.312 e. The van der Waals surface area contributed by atoms with Crippen molar-refractivity contribution in [2.75, 3.05) is 0 Å². The number of hydrogen-bond acceptors (Lipinski definition) is 3. The predicted molar refractivity (Wildman–Crippen MR) is 53.7 cm³/mol. The van der Waals surface area contributed by atoms with Gasteiger partial charge in [0.25, 0.3) is 0 Å². The zero-order chi connectivity index (χ0) is 9.97. The number of nitrogens with zero attached hydrogens (tertiary/aromatic N) is 2. The van der Waals surface area contributed by atoms with Crippen LogP contribution in [0.1, 0.15) is 15.4 Å². The van der Waals surface area contributed by atoms with E-state index in [1.54, 1.807) is 22.9 Å². The van der Waals surface area contributed by atoms with Gasteiger partial charge in [-0.05, 0) is 23.6 Å². The largest absolute Gasteiger partial charge is 0.312 e. The Hall–Kier alpha value is -1.86.